The monoisotopic (exact) mass is 765 g/mol. The summed E-state index contributed by atoms with van der Waals surface area (Å²) in [5, 5.41) is 3.87. The number of aromatic nitrogens is 6. The average Bonchev–Trinajstić information content (AvgIpc) is 4.13. The summed E-state index contributed by atoms with van der Waals surface area (Å²) in [4.78, 5) is 21.7. The molecule has 0 saturated carbocycles. The summed E-state index contributed by atoms with van der Waals surface area (Å²) in [6.07, 6.45) is 1.70. The number of hydrogen-bond donors (Lipinski definition) is 5. The molecule has 0 fully saturated rings. The van der Waals surface area contributed by atoms with Crippen molar-refractivity contribution in [2.75, 3.05) is 5.73 Å². The normalized spacial score (nSPS) is 10.4. The zero-order chi connectivity index (χ0) is 40.1. The molecular formula is C52H43N7. The fourth-order valence-electron chi connectivity index (χ4n) is 6.66. The summed E-state index contributed by atoms with van der Waals surface area (Å²) in [5.74, 6) is 0.928. The molecule has 286 valence electrons. The molecule has 0 amide bonds. The van der Waals surface area contributed by atoms with Crippen molar-refractivity contribution in [1.82, 2.24) is 29.9 Å². The smallest absolute Gasteiger partial charge is 0.138 e. The van der Waals surface area contributed by atoms with Crippen LogP contribution in [-0.4, -0.2) is 29.9 Å². The van der Waals surface area contributed by atoms with Crippen molar-refractivity contribution in [2.45, 2.75) is 0 Å². The molecule has 59 heavy (non-hydrogen) atoms. The molecule has 12 aromatic rings. The standard InChI is InChI=1S/C14H11N.C13H10N2.C12H9N.C7H6N2.C6H7N/c1-2-6-11(7-3-1)14-10-12-8-4-5-9-13(12)15-14;1-2-6-10(7-3-1)13-14-11-8-4-5-9-12(11)15-13;1-3-7-11-9(5-1)10-6-2-4-8-12(10)13-11;1-2-4-7-6(3-1)8-5-9-7;7-6-4-2-1-3-5-6/h1-10,15H;1-9H,(H,14,15);1-8,13H;1-5H,(H,8,9);1-5H,7H2. The van der Waals surface area contributed by atoms with Crippen molar-refractivity contribution in [3.8, 4) is 22.6 Å². The minimum absolute atomic E-state index is 0.822. The SMILES string of the molecule is Nc1ccccc1.c1ccc(-c2cc3ccccc3[nH]2)cc1.c1ccc(-c2nc3ccccc3[nH]2)cc1.c1ccc2[nH]cnc2c1.c1ccc2c(c1)[nH]c1ccccc12. The lowest BCUT2D eigenvalue weighted by Crippen LogP contribution is -1.79. The molecule has 12 rings (SSSR count). The lowest BCUT2D eigenvalue weighted by Gasteiger charge is -1.94. The van der Waals surface area contributed by atoms with Gasteiger partial charge in [-0.05, 0) is 66.2 Å². The highest BCUT2D eigenvalue weighted by Crippen LogP contribution is 2.25. The van der Waals surface area contributed by atoms with Crippen molar-refractivity contribution in [2.24, 2.45) is 0 Å². The number of nitrogen functional groups attached to an aromatic ring is 1. The van der Waals surface area contributed by atoms with Gasteiger partial charge >= 0.3 is 0 Å². The van der Waals surface area contributed by atoms with E-state index in [0.717, 1.165) is 39.1 Å². The lowest BCUT2D eigenvalue weighted by molar-refractivity contribution is 1.34. The number of fused-ring (bicyclic) bond motifs is 6. The molecule has 0 radical (unpaired) electrons. The number of H-pyrrole nitrogens is 4. The Morgan fingerprint density at radius 3 is 1.44 bits per heavy atom. The summed E-state index contributed by atoms with van der Waals surface area (Å²) < 4.78 is 0. The second kappa shape index (κ2) is 18.7. The molecule has 4 aromatic heterocycles. The van der Waals surface area contributed by atoms with Gasteiger partial charge in [-0.25, -0.2) is 9.97 Å². The molecule has 7 nitrogen and oxygen atoms in total. The van der Waals surface area contributed by atoms with Crippen LogP contribution in [0.25, 0.3) is 77.4 Å². The molecule has 0 spiro atoms. The zero-order valence-corrected chi connectivity index (χ0v) is 32.3. The van der Waals surface area contributed by atoms with Crippen molar-refractivity contribution in [3.05, 3.63) is 225 Å². The number of para-hydroxylation sites is 8. The number of hydrogen-bond acceptors (Lipinski definition) is 3. The third-order valence-electron chi connectivity index (χ3n) is 9.59. The minimum Gasteiger partial charge on any atom is -0.399 e. The number of anilines is 1. The van der Waals surface area contributed by atoms with E-state index in [0.29, 0.717) is 0 Å². The number of imidazole rings is 2. The maximum atomic E-state index is 5.36. The van der Waals surface area contributed by atoms with Gasteiger partial charge in [0.15, 0.2) is 0 Å². The van der Waals surface area contributed by atoms with Gasteiger partial charge in [-0.1, -0.05) is 158 Å². The van der Waals surface area contributed by atoms with E-state index in [-0.39, 0.29) is 0 Å². The third kappa shape index (κ3) is 9.63. The Morgan fingerprint density at radius 2 is 0.864 bits per heavy atom. The fraction of sp³-hybridized carbons (Fsp3) is 0. The van der Waals surface area contributed by atoms with Crippen LogP contribution in [0.1, 0.15) is 0 Å². The van der Waals surface area contributed by atoms with Gasteiger partial charge in [0, 0.05) is 49.7 Å². The number of rotatable bonds is 2. The Balaban J connectivity index is 0.000000105. The van der Waals surface area contributed by atoms with Crippen LogP contribution in [0.2, 0.25) is 0 Å². The van der Waals surface area contributed by atoms with Crippen LogP contribution in [0, 0.1) is 0 Å². The van der Waals surface area contributed by atoms with E-state index in [1.807, 2.05) is 109 Å². The Bertz CT molecular complexity index is 2870. The van der Waals surface area contributed by atoms with E-state index in [1.54, 1.807) is 6.33 Å². The highest BCUT2D eigenvalue weighted by Gasteiger charge is 2.04. The van der Waals surface area contributed by atoms with Crippen LogP contribution < -0.4 is 5.73 Å². The van der Waals surface area contributed by atoms with Gasteiger partial charge in [0.1, 0.15) is 5.82 Å². The van der Waals surface area contributed by atoms with Crippen LogP contribution in [-0.2, 0) is 0 Å². The molecule has 0 aliphatic heterocycles. The van der Waals surface area contributed by atoms with Gasteiger partial charge in [-0.3, -0.25) is 0 Å². The van der Waals surface area contributed by atoms with Crippen molar-refractivity contribution in [1.29, 1.82) is 0 Å². The third-order valence-corrected chi connectivity index (χ3v) is 9.59. The minimum atomic E-state index is 0.822. The van der Waals surface area contributed by atoms with E-state index in [1.165, 1.54) is 44.0 Å². The molecule has 7 heteroatoms. The highest BCUT2D eigenvalue weighted by molar-refractivity contribution is 6.07. The van der Waals surface area contributed by atoms with Gasteiger partial charge in [0.25, 0.3) is 0 Å². The Hall–Kier alpha value is -8.16. The molecule has 0 saturated heterocycles. The molecule has 0 bridgehead atoms. The molecule has 0 atom stereocenters. The van der Waals surface area contributed by atoms with Gasteiger partial charge in [0.2, 0.25) is 0 Å². The van der Waals surface area contributed by atoms with E-state index in [2.05, 4.69) is 139 Å². The van der Waals surface area contributed by atoms with Gasteiger partial charge in [0.05, 0.1) is 28.4 Å². The molecular weight excluding hydrogens is 723 g/mol. The van der Waals surface area contributed by atoms with Crippen LogP contribution in [0.5, 0.6) is 0 Å². The second-order valence-corrected chi connectivity index (χ2v) is 13.7. The summed E-state index contributed by atoms with van der Waals surface area (Å²) in [7, 11) is 0. The highest BCUT2D eigenvalue weighted by atomic mass is 14.9. The Labute approximate surface area is 342 Å². The summed E-state index contributed by atoms with van der Waals surface area (Å²) >= 11 is 0. The number of nitrogens with one attached hydrogen (secondary N) is 4. The van der Waals surface area contributed by atoms with Crippen molar-refractivity contribution < 1.29 is 0 Å². The van der Waals surface area contributed by atoms with Gasteiger partial charge < -0.3 is 25.7 Å². The van der Waals surface area contributed by atoms with E-state index in [9.17, 15) is 0 Å². The molecule has 0 unspecified atom stereocenters. The van der Waals surface area contributed by atoms with E-state index >= 15 is 0 Å². The number of nitrogens with zero attached hydrogens (tertiary/aromatic N) is 2. The van der Waals surface area contributed by atoms with E-state index in [4.69, 9.17) is 5.73 Å². The first-order chi connectivity index (χ1) is 29.2. The lowest BCUT2D eigenvalue weighted by atomic mass is 10.1. The number of benzene rings is 8. The Kier molecular flexibility index (Phi) is 11.9. The first-order valence-corrected chi connectivity index (χ1v) is 19.5. The first kappa shape index (κ1) is 37.7. The maximum Gasteiger partial charge on any atom is 0.138 e. The summed E-state index contributed by atoms with van der Waals surface area (Å²) in [6.45, 7) is 0. The van der Waals surface area contributed by atoms with Gasteiger partial charge in [-0.15, -0.1) is 0 Å². The molecule has 6 N–H and O–H groups in total. The molecule has 0 aliphatic carbocycles. The van der Waals surface area contributed by atoms with E-state index < -0.39 is 0 Å². The Morgan fingerprint density at radius 1 is 0.373 bits per heavy atom. The van der Waals surface area contributed by atoms with Crippen LogP contribution in [0.4, 0.5) is 5.69 Å². The molecule has 8 aromatic carbocycles. The topological polar surface area (TPSA) is 115 Å². The maximum absolute atomic E-state index is 5.36. The zero-order valence-electron chi connectivity index (χ0n) is 32.3. The van der Waals surface area contributed by atoms with Crippen molar-refractivity contribution >= 4 is 60.5 Å². The van der Waals surface area contributed by atoms with Crippen LogP contribution in [0.15, 0.2) is 225 Å². The quantitative estimate of drug-likeness (QED) is 0.113. The largest absolute Gasteiger partial charge is 0.399 e. The first-order valence-electron chi connectivity index (χ1n) is 19.5. The van der Waals surface area contributed by atoms with Gasteiger partial charge in [-0.2, -0.15) is 0 Å². The van der Waals surface area contributed by atoms with Crippen LogP contribution in [0.3, 0.4) is 0 Å². The average molecular weight is 766 g/mol. The molecule has 4 heterocycles. The predicted molar refractivity (Wildman–Crippen MR) is 248 cm³/mol. The van der Waals surface area contributed by atoms with Crippen LogP contribution >= 0.6 is 0 Å². The predicted octanol–water partition coefficient (Wildman–Crippen LogP) is 13.2. The summed E-state index contributed by atoms with van der Waals surface area (Å²) in [6, 6.07) is 73.3. The number of aromatic amines is 4. The number of nitrogens with two attached hydrogens (primary N) is 1. The summed E-state index contributed by atoms with van der Waals surface area (Å²) in [5.41, 5.74) is 17.5. The van der Waals surface area contributed by atoms with Crippen molar-refractivity contribution in [3.63, 3.8) is 0 Å². The second-order valence-electron chi connectivity index (χ2n) is 13.7. The molecule has 0 aliphatic rings. The fourth-order valence-corrected chi connectivity index (χ4v) is 6.66.